The van der Waals surface area contributed by atoms with Gasteiger partial charge < -0.3 is 41.6 Å². The molecule has 3 aromatic heterocycles. The van der Waals surface area contributed by atoms with Crippen LogP contribution in [0.2, 0.25) is 0 Å². The molecule has 8 amide bonds. The van der Waals surface area contributed by atoms with E-state index in [1.165, 1.54) is 23.1 Å². The van der Waals surface area contributed by atoms with Gasteiger partial charge in [-0.05, 0) is 99.0 Å². The number of aryl methyl sites for hydroxylation is 1. The van der Waals surface area contributed by atoms with Crippen LogP contribution in [-0.2, 0) is 48.3 Å². The van der Waals surface area contributed by atoms with Crippen molar-refractivity contribution in [3.63, 3.8) is 0 Å². The van der Waals surface area contributed by atoms with Crippen LogP contribution in [0.15, 0.2) is 109 Å². The Bertz CT molecular complexity index is 3100. The SMILES string of the molecule is Cc1cccc(-c2[nH]c(CN(CCc3c(F)cccc3F)C(=O)OCc3ccc(NC(=O)C(CCCNC(N)=O)NC(=O)[C@@H](NC(=O)CCCCCN4C(=O)C=CC4=O)C(C)C)cc3)nc2-c2ccnc3ccccc23)n1. The number of anilines is 1. The first-order valence-corrected chi connectivity index (χ1v) is 25.3. The van der Waals surface area contributed by atoms with Crippen LogP contribution in [0.4, 0.5) is 24.1 Å². The average Bonchev–Trinajstić information content (AvgIpc) is 3.98. The summed E-state index contributed by atoms with van der Waals surface area (Å²) in [5.74, 6) is -3.84. The Morgan fingerprint density at radius 1 is 0.818 bits per heavy atom. The van der Waals surface area contributed by atoms with Crippen molar-refractivity contribution in [2.24, 2.45) is 11.7 Å². The van der Waals surface area contributed by atoms with E-state index in [1.54, 1.807) is 44.3 Å². The zero-order valence-electron chi connectivity index (χ0n) is 42.9. The van der Waals surface area contributed by atoms with Crippen LogP contribution in [-0.4, -0.2) is 103 Å². The summed E-state index contributed by atoms with van der Waals surface area (Å²) in [6, 6.07) is 22.2. The first-order valence-electron chi connectivity index (χ1n) is 25.3. The number of nitrogens with zero attached hydrogens (tertiary/aromatic N) is 5. The first-order chi connectivity index (χ1) is 37.0. The van der Waals surface area contributed by atoms with Gasteiger partial charge in [-0.1, -0.05) is 62.7 Å². The van der Waals surface area contributed by atoms with Gasteiger partial charge in [-0.15, -0.1) is 0 Å². The maximum absolute atomic E-state index is 14.9. The minimum Gasteiger partial charge on any atom is -0.445 e. The van der Waals surface area contributed by atoms with Crippen LogP contribution in [0, 0.1) is 24.5 Å². The molecular formula is C56H61F2N11O8. The number of carbonyl (C=O) groups is 7. The number of imide groups is 1. The summed E-state index contributed by atoms with van der Waals surface area (Å²) >= 11 is 0. The monoisotopic (exact) mass is 1050 g/mol. The molecule has 0 bridgehead atoms. The number of halogens is 2. The van der Waals surface area contributed by atoms with Crippen LogP contribution in [0.1, 0.15) is 75.0 Å². The molecule has 1 unspecified atom stereocenters. The molecule has 1 aliphatic heterocycles. The van der Waals surface area contributed by atoms with Crippen molar-refractivity contribution < 1.29 is 47.1 Å². The Kier molecular flexibility index (Phi) is 19.3. The van der Waals surface area contributed by atoms with Gasteiger partial charge in [0.05, 0.1) is 29.1 Å². The maximum atomic E-state index is 14.9. The number of nitrogens with two attached hydrogens (primary N) is 1. The number of unbranched alkanes of at least 4 members (excludes halogenated alkanes) is 2. The van der Waals surface area contributed by atoms with Crippen LogP contribution >= 0.6 is 0 Å². The first kappa shape index (κ1) is 55.9. The number of aromatic nitrogens is 4. The summed E-state index contributed by atoms with van der Waals surface area (Å²) in [6.45, 7) is 5.21. The molecule has 0 saturated heterocycles. The van der Waals surface area contributed by atoms with Crippen LogP contribution in [0.3, 0.4) is 0 Å². The number of hydrogen-bond acceptors (Lipinski definition) is 11. The van der Waals surface area contributed by atoms with Gasteiger partial charge in [-0.25, -0.2) is 23.4 Å². The number of fused-ring (bicyclic) bond motifs is 1. The van der Waals surface area contributed by atoms with Gasteiger partial charge in [0, 0.05) is 72.3 Å². The van der Waals surface area contributed by atoms with E-state index in [0.717, 1.165) is 39.2 Å². The lowest BCUT2D eigenvalue weighted by molar-refractivity contribution is -0.137. The molecule has 3 aromatic carbocycles. The van der Waals surface area contributed by atoms with E-state index in [0.29, 0.717) is 53.4 Å². The molecule has 7 N–H and O–H groups in total. The Balaban J connectivity index is 1.01. The number of para-hydroxylation sites is 1. The van der Waals surface area contributed by atoms with E-state index in [4.69, 9.17) is 20.4 Å². The summed E-state index contributed by atoms with van der Waals surface area (Å²) in [5.41, 5.74) is 9.94. The van der Waals surface area contributed by atoms with Gasteiger partial charge in [0.2, 0.25) is 17.7 Å². The average molecular weight is 1050 g/mol. The molecule has 6 aromatic rings. The largest absolute Gasteiger partial charge is 0.445 e. The zero-order valence-corrected chi connectivity index (χ0v) is 42.9. The maximum Gasteiger partial charge on any atom is 0.410 e. The standard InChI is InChI=1S/C56H61F2N11O8/c1-34(2)50(67-47(70)19-5-4-8-30-69-48(71)24-25-49(69)72)54(74)64-45(18-11-28-61-55(59)75)53(73)63-37-22-20-36(21-23-37)33-77-56(76)68(31-27-40-41(57)14-10-15-42(40)58)32-46-65-51(52(66-46)44-17-9-12-35(3)62-44)39-26-29-60-43-16-7-6-13-38(39)43/h6-7,9-10,12-17,20-26,29,34,45,50H,4-5,8,11,18-19,27-28,30-33H2,1-3H3,(H,63,73)(H,64,74)(H,65,66)(H,67,70)(H3,59,61,75)/t45?,50-/m0/s1. The summed E-state index contributed by atoms with van der Waals surface area (Å²) in [4.78, 5) is 110. The number of carbonyl (C=O) groups excluding carboxylic acids is 7. The summed E-state index contributed by atoms with van der Waals surface area (Å²) < 4.78 is 35.6. The highest BCUT2D eigenvalue weighted by molar-refractivity contribution is 6.12. The van der Waals surface area contributed by atoms with E-state index in [-0.39, 0.29) is 87.7 Å². The number of hydrogen-bond donors (Lipinski definition) is 6. The van der Waals surface area contributed by atoms with Gasteiger partial charge in [0.1, 0.15) is 36.1 Å². The summed E-state index contributed by atoms with van der Waals surface area (Å²) in [7, 11) is 0. The molecule has 7 rings (SSSR count). The van der Waals surface area contributed by atoms with Crippen molar-refractivity contribution in [2.45, 2.75) is 91.0 Å². The Morgan fingerprint density at radius 2 is 1.55 bits per heavy atom. The lowest BCUT2D eigenvalue weighted by Gasteiger charge is -2.25. The van der Waals surface area contributed by atoms with Crippen LogP contribution < -0.4 is 27.0 Å². The lowest BCUT2D eigenvalue weighted by atomic mass is 10.0. The number of amides is 8. The third-order valence-electron chi connectivity index (χ3n) is 12.7. The van der Waals surface area contributed by atoms with Crippen LogP contribution in [0.5, 0.6) is 0 Å². The smallest absolute Gasteiger partial charge is 0.410 e. The van der Waals surface area contributed by atoms with E-state index in [9.17, 15) is 42.3 Å². The number of ether oxygens (including phenoxy) is 1. The molecular weight excluding hydrogens is 993 g/mol. The Hall–Kier alpha value is -8.88. The molecule has 19 nitrogen and oxygen atoms in total. The minimum atomic E-state index is -1.11. The van der Waals surface area contributed by atoms with Crippen molar-refractivity contribution in [1.82, 2.24) is 45.7 Å². The number of nitrogens with one attached hydrogen (secondary N) is 5. The molecule has 0 spiro atoms. The van der Waals surface area contributed by atoms with Crippen molar-refractivity contribution in [3.8, 4) is 22.6 Å². The zero-order chi connectivity index (χ0) is 55.0. The molecule has 1 aliphatic rings. The highest BCUT2D eigenvalue weighted by Gasteiger charge is 2.30. The molecule has 0 radical (unpaired) electrons. The predicted octanol–water partition coefficient (Wildman–Crippen LogP) is 7.15. The van der Waals surface area contributed by atoms with Gasteiger partial charge >= 0.3 is 12.1 Å². The molecule has 77 heavy (non-hydrogen) atoms. The van der Waals surface area contributed by atoms with Crippen molar-refractivity contribution in [1.29, 1.82) is 0 Å². The number of aromatic amines is 1. The normalized spacial score (nSPS) is 12.9. The summed E-state index contributed by atoms with van der Waals surface area (Å²) in [6.07, 6.45) is 5.10. The number of rotatable bonds is 25. The number of benzene rings is 3. The van der Waals surface area contributed by atoms with E-state index < -0.39 is 47.7 Å². The molecule has 4 heterocycles. The second kappa shape index (κ2) is 26.6. The quantitative estimate of drug-likeness (QED) is 0.0248. The Labute approximate surface area is 443 Å². The van der Waals surface area contributed by atoms with Crippen molar-refractivity contribution in [2.75, 3.05) is 25.0 Å². The number of H-pyrrole nitrogens is 1. The highest BCUT2D eigenvalue weighted by atomic mass is 19.1. The van der Waals surface area contributed by atoms with E-state index in [2.05, 4.69) is 31.2 Å². The number of urea groups is 1. The molecule has 0 saturated carbocycles. The van der Waals surface area contributed by atoms with E-state index >= 15 is 0 Å². The number of pyridine rings is 2. The molecule has 0 fully saturated rings. The third kappa shape index (κ3) is 15.4. The van der Waals surface area contributed by atoms with Crippen molar-refractivity contribution in [3.05, 3.63) is 144 Å². The number of primary amides is 1. The van der Waals surface area contributed by atoms with Gasteiger partial charge in [0.25, 0.3) is 11.8 Å². The van der Waals surface area contributed by atoms with Gasteiger partial charge in [-0.2, -0.15) is 0 Å². The van der Waals surface area contributed by atoms with Crippen LogP contribution in [0.25, 0.3) is 33.5 Å². The second-order valence-electron chi connectivity index (χ2n) is 18.8. The molecule has 402 valence electrons. The fourth-order valence-electron chi connectivity index (χ4n) is 8.66. The van der Waals surface area contributed by atoms with E-state index in [1.807, 2.05) is 55.5 Å². The molecule has 0 aliphatic carbocycles. The molecule has 2 atom stereocenters. The fraction of sp³-hybridized carbons (Fsp3) is 0.321. The summed E-state index contributed by atoms with van der Waals surface area (Å²) in [5, 5.41) is 11.6. The minimum absolute atomic E-state index is 0.0896. The highest BCUT2D eigenvalue weighted by Crippen LogP contribution is 2.34. The second-order valence-corrected chi connectivity index (χ2v) is 18.8. The topological polar surface area (TPSA) is 264 Å². The lowest BCUT2D eigenvalue weighted by Crippen LogP contribution is -2.54. The predicted molar refractivity (Wildman–Crippen MR) is 283 cm³/mol. The van der Waals surface area contributed by atoms with Gasteiger partial charge in [-0.3, -0.25) is 38.8 Å². The molecule has 21 heteroatoms. The van der Waals surface area contributed by atoms with Crippen molar-refractivity contribution >= 4 is 58.3 Å². The fourth-order valence-corrected chi connectivity index (χ4v) is 8.66. The Morgan fingerprint density at radius 3 is 2.26 bits per heavy atom. The van der Waals surface area contributed by atoms with Gasteiger partial charge in [0.15, 0.2) is 0 Å². The third-order valence-corrected chi connectivity index (χ3v) is 12.7. The number of imidazole rings is 1.